The number of carbonyl (C=O) groups is 1. The van der Waals surface area contributed by atoms with Crippen LogP contribution < -0.4 is 0 Å². The van der Waals surface area contributed by atoms with E-state index < -0.39 is 22.3 Å². The molecule has 0 saturated heterocycles. The molecule has 0 atom stereocenters. The summed E-state index contributed by atoms with van der Waals surface area (Å²) in [5.74, 6) is -1.42. The molecule has 0 aliphatic heterocycles. The average molecular weight is 293 g/mol. The third-order valence-corrected chi connectivity index (χ3v) is 3.04. The number of rotatable bonds is 6. The molecular weight excluding hydrogens is 278 g/mol. The Morgan fingerprint density at radius 2 is 2.14 bits per heavy atom. The third-order valence-electron chi connectivity index (χ3n) is 3.04. The van der Waals surface area contributed by atoms with Crippen LogP contribution in [0.25, 0.3) is 0 Å². The molecule has 9 heteroatoms. The van der Waals surface area contributed by atoms with Crippen molar-refractivity contribution in [3.63, 3.8) is 0 Å². The summed E-state index contributed by atoms with van der Waals surface area (Å²) in [4.78, 5) is 21.1. The van der Waals surface area contributed by atoms with Crippen molar-refractivity contribution in [3.05, 3.63) is 39.5 Å². The van der Waals surface area contributed by atoms with E-state index in [1.54, 1.807) is 4.68 Å². The van der Waals surface area contributed by atoms with Gasteiger partial charge in [0.2, 0.25) is 5.69 Å². The lowest BCUT2D eigenvalue weighted by molar-refractivity contribution is -0.385. The van der Waals surface area contributed by atoms with E-state index in [0.29, 0.717) is 6.54 Å². The molecule has 0 aromatic carbocycles. The van der Waals surface area contributed by atoms with Gasteiger partial charge in [0.25, 0.3) is 0 Å². The smallest absolute Gasteiger partial charge is 0.363 e. The Hall–Kier alpha value is -2.71. The van der Waals surface area contributed by atoms with Gasteiger partial charge in [0.05, 0.1) is 22.9 Å². The van der Waals surface area contributed by atoms with E-state index in [9.17, 15) is 14.9 Å². The summed E-state index contributed by atoms with van der Waals surface area (Å²) < 4.78 is 3.02. The zero-order valence-corrected chi connectivity index (χ0v) is 11.7. The Labute approximate surface area is 120 Å². The Morgan fingerprint density at radius 1 is 1.43 bits per heavy atom. The van der Waals surface area contributed by atoms with Crippen molar-refractivity contribution >= 4 is 11.7 Å². The summed E-state index contributed by atoms with van der Waals surface area (Å²) in [6.45, 7) is 4.80. The van der Waals surface area contributed by atoms with Crippen LogP contribution in [0.3, 0.4) is 0 Å². The summed E-state index contributed by atoms with van der Waals surface area (Å²) in [5.41, 5.74) is 0.662. The van der Waals surface area contributed by atoms with Crippen LogP contribution in [-0.2, 0) is 19.5 Å². The molecule has 21 heavy (non-hydrogen) atoms. The topological polar surface area (TPSA) is 116 Å². The van der Waals surface area contributed by atoms with Gasteiger partial charge in [0, 0.05) is 6.54 Å². The van der Waals surface area contributed by atoms with Crippen LogP contribution in [-0.4, -0.2) is 35.6 Å². The van der Waals surface area contributed by atoms with Gasteiger partial charge in [0.15, 0.2) is 0 Å². The Kier molecular flexibility index (Phi) is 4.01. The predicted octanol–water partition coefficient (Wildman–Crippen LogP) is 1.32. The lowest BCUT2D eigenvalue weighted by Crippen LogP contribution is -2.09. The van der Waals surface area contributed by atoms with Crippen molar-refractivity contribution in [2.24, 2.45) is 0 Å². The second kappa shape index (κ2) is 5.73. The molecule has 112 valence electrons. The van der Waals surface area contributed by atoms with Gasteiger partial charge in [0.1, 0.15) is 6.20 Å². The highest BCUT2D eigenvalue weighted by Gasteiger charge is 2.25. The van der Waals surface area contributed by atoms with Crippen molar-refractivity contribution in [1.82, 2.24) is 19.6 Å². The number of aromatic nitrogens is 4. The number of carboxylic acid groups (broad SMARTS) is 1. The van der Waals surface area contributed by atoms with E-state index >= 15 is 0 Å². The summed E-state index contributed by atoms with van der Waals surface area (Å²) in [5, 5.41) is 27.9. The van der Waals surface area contributed by atoms with Gasteiger partial charge in [-0.05, 0) is 19.4 Å². The fourth-order valence-corrected chi connectivity index (χ4v) is 2.03. The molecule has 0 spiro atoms. The van der Waals surface area contributed by atoms with Crippen LogP contribution in [0.1, 0.15) is 35.7 Å². The van der Waals surface area contributed by atoms with E-state index in [1.807, 2.05) is 19.9 Å². The molecule has 1 N–H and O–H groups in total. The molecule has 0 radical (unpaired) electrons. The summed E-state index contributed by atoms with van der Waals surface area (Å²) in [7, 11) is 0. The monoisotopic (exact) mass is 293 g/mol. The van der Waals surface area contributed by atoms with Crippen LogP contribution in [0, 0.1) is 10.1 Å². The third kappa shape index (κ3) is 2.91. The molecule has 0 saturated carbocycles. The van der Waals surface area contributed by atoms with Crippen LogP contribution in [0.5, 0.6) is 0 Å². The second-order valence-corrected chi connectivity index (χ2v) is 4.42. The van der Waals surface area contributed by atoms with Crippen LogP contribution in [0.4, 0.5) is 5.69 Å². The first kappa shape index (κ1) is 14.7. The number of hydrogen-bond donors (Lipinski definition) is 1. The van der Waals surface area contributed by atoms with Crippen molar-refractivity contribution < 1.29 is 14.8 Å². The molecule has 0 fully saturated rings. The molecule has 2 rings (SSSR count). The molecule has 2 heterocycles. The number of aryl methyl sites for hydroxylation is 2. The van der Waals surface area contributed by atoms with Crippen LogP contribution in [0.2, 0.25) is 0 Å². The van der Waals surface area contributed by atoms with Gasteiger partial charge >= 0.3 is 11.7 Å². The highest BCUT2D eigenvalue weighted by molar-refractivity contribution is 5.89. The van der Waals surface area contributed by atoms with Crippen LogP contribution in [0.15, 0.2) is 12.3 Å². The Morgan fingerprint density at radius 3 is 2.62 bits per heavy atom. The van der Waals surface area contributed by atoms with E-state index in [2.05, 4.69) is 10.2 Å². The minimum atomic E-state index is -1.42. The van der Waals surface area contributed by atoms with Crippen molar-refractivity contribution in [2.75, 3.05) is 0 Å². The fraction of sp³-hybridized carbons (Fsp3) is 0.417. The zero-order valence-electron chi connectivity index (χ0n) is 11.7. The zero-order chi connectivity index (χ0) is 15.6. The first-order valence-electron chi connectivity index (χ1n) is 6.47. The number of carboxylic acids is 1. The number of nitro groups is 1. The molecule has 0 bridgehead atoms. The molecule has 0 aliphatic rings. The lowest BCUT2D eigenvalue weighted by atomic mass is 10.3. The minimum Gasteiger partial charge on any atom is -0.476 e. The fourth-order valence-electron chi connectivity index (χ4n) is 2.03. The molecule has 0 amide bonds. The van der Waals surface area contributed by atoms with Crippen molar-refractivity contribution in [1.29, 1.82) is 0 Å². The highest BCUT2D eigenvalue weighted by Crippen LogP contribution is 2.18. The van der Waals surface area contributed by atoms with Gasteiger partial charge in [-0.1, -0.05) is 6.92 Å². The van der Waals surface area contributed by atoms with Gasteiger partial charge in [-0.25, -0.2) is 4.79 Å². The molecule has 2 aromatic rings. The summed E-state index contributed by atoms with van der Waals surface area (Å²) >= 11 is 0. The maximum atomic E-state index is 11.0. The van der Waals surface area contributed by atoms with Gasteiger partial charge in [-0.2, -0.15) is 10.2 Å². The highest BCUT2D eigenvalue weighted by atomic mass is 16.6. The normalized spacial score (nSPS) is 10.8. The molecule has 0 aliphatic carbocycles. The maximum Gasteiger partial charge on any atom is 0.363 e. The maximum absolute atomic E-state index is 11.0. The number of hydrogen-bond acceptors (Lipinski definition) is 5. The van der Waals surface area contributed by atoms with E-state index in [-0.39, 0.29) is 6.54 Å². The van der Waals surface area contributed by atoms with E-state index in [4.69, 9.17) is 5.11 Å². The Bertz CT molecular complexity index is 656. The summed E-state index contributed by atoms with van der Waals surface area (Å²) in [6, 6.07) is 1.89. The van der Waals surface area contributed by atoms with Crippen molar-refractivity contribution in [3.8, 4) is 0 Å². The standard InChI is InChI=1S/C12H15N5O4/c1-3-8-5-9(16(4-2)13-8)6-15-7-10(17(20)21)11(14-15)12(18)19/h5,7H,3-4,6H2,1-2H3,(H,18,19). The largest absolute Gasteiger partial charge is 0.476 e. The van der Waals surface area contributed by atoms with E-state index in [1.165, 1.54) is 4.68 Å². The first-order valence-corrected chi connectivity index (χ1v) is 6.47. The van der Waals surface area contributed by atoms with Gasteiger partial charge < -0.3 is 5.11 Å². The number of aromatic carboxylic acids is 1. The molecule has 2 aromatic heterocycles. The molecule has 9 nitrogen and oxygen atoms in total. The first-order chi connectivity index (χ1) is 9.96. The van der Waals surface area contributed by atoms with E-state index in [0.717, 1.165) is 24.0 Å². The Balaban J connectivity index is 2.36. The average Bonchev–Trinajstić information content (AvgIpc) is 3.03. The number of nitrogens with zero attached hydrogens (tertiary/aromatic N) is 5. The minimum absolute atomic E-state index is 0.231. The second-order valence-electron chi connectivity index (χ2n) is 4.42. The van der Waals surface area contributed by atoms with Crippen molar-refractivity contribution in [2.45, 2.75) is 33.4 Å². The molecular formula is C12H15N5O4. The van der Waals surface area contributed by atoms with Gasteiger partial charge in [-0.15, -0.1) is 0 Å². The quantitative estimate of drug-likeness (QED) is 0.634. The lowest BCUT2D eigenvalue weighted by Gasteiger charge is -2.03. The SMILES string of the molecule is CCc1cc(Cn2cc([N+](=O)[O-])c(C(=O)O)n2)n(CC)n1. The van der Waals surface area contributed by atoms with Gasteiger partial charge in [-0.3, -0.25) is 19.5 Å². The van der Waals surface area contributed by atoms with Crippen LogP contribution >= 0.6 is 0 Å². The summed E-state index contributed by atoms with van der Waals surface area (Å²) in [6.07, 6.45) is 1.90. The molecule has 0 unspecified atom stereocenters. The predicted molar refractivity (Wildman–Crippen MR) is 72.2 cm³/mol.